The highest BCUT2D eigenvalue weighted by Crippen LogP contribution is 2.51. The Balaban J connectivity index is 1.21. The third-order valence-electron chi connectivity index (χ3n) is 9.32. The highest BCUT2D eigenvalue weighted by Gasteiger charge is 2.36. The molecule has 3 heterocycles. The van der Waals surface area contributed by atoms with Crippen LogP contribution in [-0.2, 0) is 5.41 Å². The van der Waals surface area contributed by atoms with Crippen LogP contribution in [0.25, 0.3) is 44.1 Å². The summed E-state index contributed by atoms with van der Waals surface area (Å²) in [7, 11) is 0. The van der Waals surface area contributed by atoms with Crippen LogP contribution in [0.2, 0.25) is 0 Å². The van der Waals surface area contributed by atoms with E-state index >= 15 is 0 Å². The van der Waals surface area contributed by atoms with Gasteiger partial charge >= 0.3 is 0 Å². The molecule has 0 unspecified atom stereocenters. The zero-order valence-electron chi connectivity index (χ0n) is 24.6. The summed E-state index contributed by atoms with van der Waals surface area (Å²) in [5.74, 6) is 0. The Labute approximate surface area is 256 Å². The zero-order chi connectivity index (χ0) is 29.4. The minimum Gasteiger partial charge on any atom is -0.310 e. The predicted octanol–water partition coefficient (Wildman–Crippen LogP) is 10.2. The smallest absolute Gasteiger partial charge is 0.0935 e. The summed E-state index contributed by atoms with van der Waals surface area (Å²) >= 11 is 0. The van der Waals surface area contributed by atoms with Crippen LogP contribution >= 0.6 is 0 Å². The van der Waals surface area contributed by atoms with Crippen LogP contribution in [0.1, 0.15) is 25.0 Å². The van der Waals surface area contributed by atoms with Gasteiger partial charge < -0.3 is 9.47 Å². The molecule has 6 aromatic carbocycles. The highest BCUT2D eigenvalue weighted by molar-refractivity contribution is 6.13. The standard InChI is InChI=1S/C40H30N4/c1-40(2)33-15-7-10-18-37(33)44(38-19-11-8-16-34(38)40)30-22-20-29(21-23-30)43-36-17-9-6-14-31(36)32-25-35-27(24-39(32)43)26-42(41-35)28-12-4-3-5-13-28/h3-26H,1-2H3. The first-order valence-corrected chi connectivity index (χ1v) is 15.2. The van der Waals surface area contributed by atoms with E-state index in [1.54, 1.807) is 0 Å². The van der Waals surface area contributed by atoms with Crippen LogP contribution in [0.4, 0.5) is 17.1 Å². The molecule has 0 spiro atoms. The zero-order valence-corrected chi connectivity index (χ0v) is 24.6. The highest BCUT2D eigenvalue weighted by atomic mass is 15.3. The van der Waals surface area contributed by atoms with Crippen molar-refractivity contribution in [3.63, 3.8) is 0 Å². The maximum Gasteiger partial charge on any atom is 0.0935 e. The molecule has 2 aromatic heterocycles. The van der Waals surface area contributed by atoms with E-state index in [4.69, 9.17) is 5.10 Å². The van der Waals surface area contributed by atoms with Crippen LogP contribution in [0.3, 0.4) is 0 Å². The van der Waals surface area contributed by atoms with Gasteiger partial charge in [0.05, 0.1) is 33.6 Å². The second kappa shape index (κ2) is 9.19. The van der Waals surface area contributed by atoms with Gasteiger partial charge in [0.25, 0.3) is 0 Å². The SMILES string of the molecule is CC1(C)c2ccccc2N(c2ccc(-n3c4ccccc4c4cc5nn(-c6ccccc6)cc5cc43)cc2)c2ccccc21. The molecule has 0 radical (unpaired) electrons. The molecule has 1 aliphatic rings. The van der Waals surface area contributed by atoms with Gasteiger partial charge in [0.15, 0.2) is 0 Å². The van der Waals surface area contributed by atoms with Crippen LogP contribution in [-0.4, -0.2) is 14.3 Å². The second-order valence-electron chi connectivity index (χ2n) is 12.2. The van der Waals surface area contributed by atoms with Gasteiger partial charge in [-0.3, -0.25) is 0 Å². The monoisotopic (exact) mass is 566 g/mol. The van der Waals surface area contributed by atoms with Gasteiger partial charge in [0.1, 0.15) is 0 Å². The lowest BCUT2D eigenvalue weighted by atomic mass is 9.73. The molecule has 9 rings (SSSR count). The number of para-hydroxylation sites is 4. The van der Waals surface area contributed by atoms with Crippen molar-refractivity contribution < 1.29 is 0 Å². The predicted molar refractivity (Wildman–Crippen MR) is 182 cm³/mol. The molecule has 0 aliphatic carbocycles. The number of benzene rings is 6. The first-order valence-electron chi connectivity index (χ1n) is 15.2. The third-order valence-corrected chi connectivity index (χ3v) is 9.32. The Morgan fingerprint density at radius 3 is 1.86 bits per heavy atom. The molecular formula is C40H30N4. The van der Waals surface area contributed by atoms with E-state index < -0.39 is 0 Å². The van der Waals surface area contributed by atoms with Crippen molar-refractivity contribution >= 4 is 49.8 Å². The summed E-state index contributed by atoms with van der Waals surface area (Å²) in [5.41, 5.74) is 11.8. The quantitative estimate of drug-likeness (QED) is 0.213. The Bertz CT molecular complexity index is 2310. The van der Waals surface area contributed by atoms with E-state index in [1.807, 2.05) is 22.9 Å². The number of nitrogens with zero attached hydrogens (tertiary/aromatic N) is 4. The lowest BCUT2D eigenvalue weighted by Gasteiger charge is -2.42. The Kier molecular flexibility index (Phi) is 5.21. The molecule has 4 nitrogen and oxygen atoms in total. The fraction of sp³-hybridized carbons (Fsp3) is 0.0750. The maximum absolute atomic E-state index is 4.93. The van der Waals surface area contributed by atoms with Crippen molar-refractivity contribution in [2.75, 3.05) is 4.90 Å². The van der Waals surface area contributed by atoms with E-state index in [-0.39, 0.29) is 5.41 Å². The van der Waals surface area contributed by atoms with Crippen molar-refractivity contribution in [3.8, 4) is 11.4 Å². The van der Waals surface area contributed by atoms with Crippen molar-refractivity contribution in [3.05, 3.63) is 157 Å². The number of hydrogen-bond donors (Lipinski definition) is 0. The number of hydrogen-bond acceptors (Lipinski definition) is 2. The summed E-state index contributed by atoms with van der Waals surface area (Å²) < 4.78 is 4.36. The largest absolute Gasteiger partial charge is 0.310 e. The molecule has 0 fully saturated rings. The fourth-order valence-corrected chi connectivity index (χ4v) is 7.18. The first-order chi connectivity index (χ1) is 21.6. The van der Waals surface area contributed by atoms with Gasteiger partial charge in [-0.1, -0.05) is 86.6 Å². The molecule has 1 aliphatic heterocycles. The first kappa shape index (κ1) is 24.9. The molecular weight excluding hydrogens is 536 g/mol. The summed E-state index contributed by atoms with van der Waals surface area (Å²) in [4.78, 5) is 2.41. The summed E-state index contributed by atoms with van der Waals surface area (Å²) in [6.45, 7) is 4.65. The van der Waals surface area contributed by atoms with E-state index in [0.717, 1.165) is 28.0 Å². The van der Waals surface area contributed by atoms with Gasteiger partial charge in [-0.2, -0.15) is 5.10 Å². The van der Waals surface area contributed by atoms with Crippen LogP contribution < -0.4 is 4.90 Å². The fourth-order valence-electron chi connectivity index (χ4n) is 7.18. The molecule has 0 N–H and O–H groups in total. The Hall–Kier alpha value is -5.61. The van der Waals surface area contributed by atoms with Crippen molar-refractivity contribution in [2.45, 2.75) is 19.3 Å². The number of fused-ring (bicyclic) bond motifs is 6. The minimum atomic E-state index is -0.0771. The lowest BCUT2D eigenvalue weighted by molar-refractivity contribution is 0.632. The molecule has 44 heavy (non-hydrogen) atoms. The Morgan fingerprint density at radius 2 is 1.14 bits per heavy atom. The molecule has 210 valence electrons. The molecule has 0 saturated heterocycles. The van der Waals surface area contributed by atoms with Crippen LogP contribution in [0.15, 0.2) is 146 Å². The van der Waals surface area contributed by atoms with Crippen LogP contribution in [0, 0.1) is 0 Å². The molecule has 8 aromatic rings. The van der Waals surface area contributed by atoms with Crippen molar-refractivity contribution in [2.24, 2.45) is 0 Å². The summed E-state index contributed by atoms with van der Waals surface area (Å²) in [5, 5.41) is 8.48. The number of rotatable bonds is 3. The van der Waals surface area contributed by atoms with Crippen molar-refractivity contribution in [1.82, 2.24) is 14.3 Å². The number of aromatic nitrogens is 3. The molecule has 4 heteroatoms. The van der Waals surface area contributed by atoms with Gasteiger partial charge in [0.2, 0.25) is 0 Å². The van der Waals surface area contributed by atoms with Crippen molar-refractivity contribution in [1.29, 1.82) is 0 Å². The maximum atomic E-state index is 4.93. The molecule has 0 bridgehead atoms. The minimum absolute atomic E-state index is 0.0771. The second-order valence-corrected chi connectivity index (χ2v) is 12.2. The molecule has 0 amide bonds. The van der Waals surface area contributed by atoms with Gasteiger partial charge in [-0.25, -0.2) is 4.68 Å². The van der Waals surface area contributed by atoms with Gasteiger partial charge in [0, 0.05) is 39.1 Å². The average molecular weight is 567 g/mol. The van der Waals surface area contributed by atoms with E-state index in [2.05, 4.69) is 151 Å². The third kappa shape index (κ3) is 3.54. The Morgan fingerprint density at radius 1 is 0.523 bits per heavy atom. The topological polar surface area (TPSA) is 26.0 Å². The summed E-state index contributed by atoms with van der Waals surface area (Å²) in [6.07, 6.45) is 2.13. The van der Waals surface area contributed by atoms with Gasteiger partial charge in [-0.05, 0) is 77.9 Å². The van der Waals surface area contributed by atoms with E-state index in [1.165, 1.54) is 44.3 Å². The summed E-state index contributed by atoms with van der Waals surface area (Å²) in [6, 6.07) is 50.1. The normalized spacial score (nSPS) is 13.8. The van der Waals surface area contributed by atoms with Gasteiger partial charge in [-0.15, -0.1) is 0 Å². The molecule has 0 atom stereocenters. The number of anilines is 3. The van der Waals surface area contributed by atoms with E-state index in [9.17, 15) is 0 Å². The van der Waals surface area contributed by atoms with Crippen LogP contribution in [0.5, 0.6) is 0 Å². The molecule has 0 saturated carbocycles. The lowest BCUT2D eigenvalue weighted by Crippen LogP contribution is -2.30. The van der Waals surface area contributed by atoms with E-state index in [0.29, 0.717) is 0 Å². The average Bonchev–Trinajstić information content (AvgIpc) is 3.63.